The number of aromatic nitrogens is 5. The Labute approximate surface area is 184 Å². The summed E-state index contributed by atoms with van der Waals surface area (Å²) in [5, 5.41) is 4.70. The monoisotopic (exact) mass is 444 g/mol. The molecule has 8 nitrogen and oxygen atoms in total. The van der Waals surface area contributed by atoms with E-state index in [1.165, 1.54) is 14.2 Å². The van der Waals surface area contributed by atoms with Gasteiger partial charge in [0.05, 0.1) is 49.3 Å². The van der Waals surface area contributed by atoms with Crippen LogP contribution in [0.3, 0.4) is 0 Å². The van der Waals surface area contributed by atoms with Crippen molar-refractivity contribution in [3.05, 3.63) is 24.2 Å². The zero-order valence-electron chi connectivity index (χ0n) is 18.6. The van der Waals surface area contributed by atoms with Gasteiger partial charge in [-0.1, -0.05) is 13.8 Å². The minimum absolute atomic E-state index is 0.170. The van der Waals surface area contributed by atoms with Gasteiger partial charge in [-0.2, -0.15) is 10.1 Å². The van der Waals surface area contributed by atoms with Gasteiger partial charge in [-0.3, -0.25) is 0 Å². The third-order valence-electron chi connectivity index (χ3n) is 6.31. The SMILES string of the molecule is COc1ncc(-c2cc(N3CC(F)(F)C4(CC4)C3)c3nc(CC(C)C)cn3n2)c(OC)n1. The van der Waals surface area contributed by atoms with E-state index >= 15 is 0 Å². The lowest BCUT2D eigenvalue weighted by atomic mass is 10.0. The molecule has 3 aromatic rings. The maximum atomic E-state index is 14.8. The minimum Gasteiger partial charge on any atom is -0.480 e. The summed E-state index contributed by atoms with van der Waals surface area (Å²) >= 11 is 0. The molecular formula is C22H26F2N6O2. The van der Waals surface area contributed by atoms with E-state index in [0.717, 1.165) is 12.1 Å². The van der Waals surface area contributed by atoms with Crippen molar-refractivity contribution in [3.63, 3.8) is 0 Å². The van der Waals surface area contributed by atoms with Crippen LogP contribution in [-0.2, 0) is 6.42 Å². The van der Waals surface area contributed by atoms with Crippen LogP contribution >= 0.6 is 0 Å². The van der Waals surface area contributed by atoms with Gasteiger partial charge >= 0.3 is 6.01 Å². The van der Waals surface area contributed by atoms with E-state index in [1.54, 1.807) is 21.7 Å². The second-order valence-electron chi connectivity index (χ2n) is 9.13. The topological polar surface area (TPSA) is 77.7 Å². The minimum atomic E-state index is -2.72. The number of imidazole rings is 1. The second-order valence-corrected chi connectivity index (χ2v) is 9.13. The lowest BCUT2D eigenvalue weighted by Gasteiger charge is -2.19. The van der Waals surface area contributed by atoms with Crippen molar-refractivity contribution in [1.29, 1.82) is 0 Å². The summed E-state index contributed by atoms with van der Waals surface area (Å²) in [7, 11) is 2.97. The normalized spacial score (nSPS) is 18.7. The Hall–Kier alpha value is -3.04. The fourth-order valence-electron chi connectivity index (χ4n) is 4.46. The van der Waals surface area contributed by atoms with Crippen molar-refractivity contribution in [3.8, 4) is 23.1 Å². The molecule has 4 heterocycles. The summed E-state index contributed by atoms with van der Waals surface area (Å²) in [6.07, 6.45) is 5.30. The Morgan fingerprint density at radius 2 is 1.91 bits per heavy atom. The first-order valence-corrected chi connectivity index (χ1v) is 10.7. The molecule has 2 fully saturated rings. The number of rotatable bonds is 6. The van der Waals surface area contributed by atoms with Crippen LogP contribution in [0.4, 0.5) is 14.5 Å². The van der Waals surface area contributed by atoms with Crippen LogP contribution in [0.1, 0.15) is 32.4 Å². The molecule has 170 valence electrons. The molecule has 0 aromatic carbocycles. The number of ether oxygens (including phenoxy) is 2. The van der Waals surface area contributed by atoms with Crippen LogP contribution in [0.25, 0.3) is 16.9 Å². The standard InChI is InChI=1S/C22H26F2N6O2/c1-13(2)7-14-10-30-18(26-14)17(29-11-21(5-6-21)22(23,24)12-29)8-16(28-30)15-9-25-20(32-4)27-19(15)31-3/h8-10,13H,5-7,11-12H2,1-4H3. The molecule has 2 aliphatic rings. The maximum absolute atomic E-state index is 14.8. The highest BCUT2D eigenvalue weighted by atomic mass is 19.3. The number of methoxy groups -OCH3 is 2. The van der Waals surface area contributed by atoms with E-state index < -0.39 is 11.3 Å². The Morgan fingerprint density at radius 1 is 1.12 bits per heavy atom. The number of alkyl halides is 2. The van der Waals surface area contributed by atoms with Gasteiger partial charge in [0.25, 0.3) is 5.92 Å². The van der Waals surface area contributed by atoms with E-state index in [1.807, 2.05) is 6.20 Å². The lowest BCUT2D eigenvalue weighted by molar-refractivity contribution is -0.0334. The number of nitrogens with zero attached hydrogens (tertiary/aromatic N) is 6. The highest BCUT2D eigenvalue weighted by Gasteiger charge is 2.67. The third kappa shape index (κ3) is 3.32. The molecule has 1 spiro atoms. The Balaban J connectivity index is 1.66. The molecule has 1 aliphatic carbocycles. The van der Waals surface area contributed by atoms with Crippen LogP contribution in [0.2, 0.25) is 0 Å². The van der Waals surface area contributed by atoms with E-state index in [2.05, 4.69) is 23.8 Å². The van der Waals surface area contributed by atoms with E-state index in [4.69, 9.17) is 19.6 Å². The van der Waals surface area contributed by atoms with Crippen LogP contribution < -0.4 is 14.4 Å². The van der Waals surface area contributed by atoms with Gasteiger partial charge in [0.1, 0.15) is 5.69 Å². The highest BCUT2D eigenvalue weighted by molar-refractivity contribution is 5.77. The Morgan fingerprint density at radius 3 is 2.53 bits per heavy atom. The number of halogens is 2. The van der Waals surface area contributed by atoms with Gasteiger partial charge in [-0.05, 0) is 31.2 Å². The summed E-state index contributed by atoms with van der Waals surface area (Å²) in [5.41, 5.74) is 2.22. The smallest absolute Gasteiger partial charge is 0.319 e. The summed E-state index contributed by atoms with van der Waals surface area (Å²) < 4.78 is 41.7. The highest BCUT2D eigenvalue weighted by Crippen LogP contribution is 2.61. The van der Waals surface area contributed by atoms with Crippen molar-refractivity contribution in [1.82, 2.24) is 24.6 Å². The van der Waals surface area contributed by atoms with Crippen LogP contribution in [0.5, 0.6) is 11.9 Å². The number of hydrogen-bond acceptors (Lipinski definition) is 7. The molecule has 5 rings (SSSR count). The first kappa shape index (κ1) is 20.8. The maximum Gasteiger partial charge on any atom is 0.319 e. The van der Waals surface area contributed by atoms with Gasteiger partial charge < -0.3 is 14.4 Å². The van der Waals surface area contributed by atoms with Crippen molar-refractivity contribution in [2.45, 2.75) is 39.0 Å². The average molecular weight is 444 g/mol. The van der Waals surface area contributed by atoms with Gasteiger partial charge in [0.15, 0.2) is 5.65 Å². The lowest BCUT2D eigenvalue weighted by Crippen LogP contribution is -2.28. The van der Waals surface area contributed by atoms with Gasteiger partial charge in [-0.25, -0.2) is 23.3 Å². The van der Waals surface area contributed by atoms with Crippen LogP contribution in [-0.4, -0.2) is 57.8 Å². The van der Waals surface area contributed by atoms with Crippen molar-refractivity contribution in [2.75, 3.05) is 32.2 Å². The van der Waals surface area contributed by atoms with Crippen LogP contribution in [0.15, 0.2) is 18.5 Å². The molecule has 0 unspecified atom stereocenters. The van der Waals surface area contributed by atoms with Crippen molar-refractivity contribution >= 4 is 11.3 Å². The molecule has 1 saturated heterocycles. The fraction of sp³-hybridized carbons (Fsp3) is 0.545. The molecule has 0 radical (unpaired) electrons. The molecule has 0 bridgehead atoms. The quantitative estimate of drug-likeness (QED) is 0.574. The average Bonchev–Trinajstić information content (AvgIpc) is 3.36. The predicted molar refractivity (Wildman–Crippen MR) is 114 cm³/mol. The first-order chi connectivity index (χ1) is 15.2. The molecule has 32 heavy (non-hydrogen) atoms. The summed E-state index contributed by atoms with van der Waals surface area (Å²) in [6, 6.07) is 1.95. The summed E-state index contributed by atoms with van der Waals surface area (Å²) in [4.78, 5) is 14.9. The summed E-state index contributed by atoms with van der Waals surface area (Å²) in [5.74, 6) is -2.02. The number of anilines is 1. The molecule has 1 aliphatic heterocycles. The van der Waals surface area contributed by atoms with E-state index in [-0.39, 0.29) is 12.6 Å². The van der Waals surface area contributed by atoms with Gasteiger partial charge in [0, 0.05) is 12.7 Å². The third-order valence-corrected chi connectivity index (χ3v) is 6.31. The second kappa shape index (κ2) is 7.25. The Bertz CT molecular complexity index is 1170. The summed E-state index contributed by atoms with van der Waals surface area (Å²) in [6.45, 7) is 4.21. The predicted octanol–water partition coefficient (Wildman–Crippen LogP) is 3.64. The molecule has 10 heteroatoms. The zero-order chi connectivity index (χ0) is 22.7. The van der Waals surface area contributed by atoms with Crippen LogP contribution in [0, 0.1) is 11.3 Å². The first-order valence-electron chi connectivity index (χ1n) is 10.7. The molecule has 0 N–H and O–H groups in total. The fourth-order valence-corrected chi connectivity index (χ4v) is 4.46. The number of fused-ring (bicyclic) bond motifs is 1. The van der Waals surface area contributed by atoms with Crippen molar-refractivity contribution < 1.29 is 18.3 Å². The van der Waals surface area contributed by atoms with Gasteiger partial charge in [-0.15, -0.1) is 0 Å². The van der Waals surface area contributed by atoms with Crippen molar-refractivity contribution in [2.24, 2.45) is 11.3 Å². The Kier molecular flexibility index (Phi) is 4.72. The molecule has 1 saturated carbocycles. The number of hydrogen-bond donors (Lipinski definition) is 0. The van der Waals surface area contributed by atoms with E-state index in [9.17, 15) is 8.78 Å². The van der Waals surface area contributed by atoms with Gasteiger partial charge in [0.2, 0.25) is 5.88 Å². The molecule has 0 atom stereocenters. The van der Waals surface area contributed by atoms with E-state index in [0.29, 0.717) is 53.8 Å². The molecule has 3 aromatic heterocycles. The molecule has 0 amide bonds. The molecular weight excluding hydrogens is 418 g/mol. The zero-order valence-corrected chi connectivity index (χ0v) is 18.6. The largest absolute Gasteiger partial charge is 0.480 e.